The summed E-state index contributed by atoms with van der Waals surface area (Å²) in [5.41, 5.74) is 1.87. The number of nitrogens with one attached hydrogen (secondary N) is 1. The largest absolute Gasteiger partial charge is 0.495 e. The summed E-state index contributed by atoms with van der Waals surface area (Å²) in [6, 6.07) is 13.6. The van der Waals surface area contributed by atoms with Gasteiger partial charge in [0.1, 0.15) is 11.8 Å². The zero-order valence-corrected chi connectivity index (χ0v) is 16.0. The number of anilines is 1. The number of hydrogen-bond acceptors (Lipinski definition) is 2. The maximum absolute atomic E-state index is 12.2. The monoisotopic (exact) mass is 411 g/mol. The average molecular weight is 413 g/mol. The number of amides is 1. The molecule has 0 unspecified atom stereocenters. The highest BCUT2D eigenvalue weighted by Crippen LogP contribution is 2.27. The lowest BCUT2D eigenvalue weighted by molar-refractivity contribution is -0.686. The van der Waals surface area contributed by atoms with Gasteiger partial charge in [-0.05, 0) is 30.3 Å². The third-order valence-electron chi connectivity index (χ3n) is 3.76. The smallest absolute Gasteiger partial charge is 0.279 e. The van der Waals surface area contributed by atoms with Crippen molar-refractivity contribution in [3.05, 3.63) is 57.5 Å². The highest BCUT2D eigenvalue weighted by Gasteiger charge is 2.15. The van der Waals surface area contributed by atoms with Gasteiger partial charge in [-0.3, -0.25) is 4.79 Å². The number of rotatable bonds is 7. The molecule has 2 aromatic rings. The molecule has 0 fully saturated rings. The number of halogens is 2. The number of ether oxygens (including phenoxy) is 1. The van der Waals surface area contributed by atoms with Gasteiger partial charge < -0.3 is 15.4 Å². The lowest BCUT2D eigenvalue weighted by atomic mass is 10.0. The van der Waals surface area contributed by atoms with Gasteiger partial charge in [0.25, 0.3) is 5.91 Å². The maximum Gasteiger partial charge on any atom is 0.279 e. The minimum absolute atomic E-state index is 0.0632. The average Bonchev–Trinajstić information content (AvgIpc) is 2.57. The van der Waals surface area contributed by atoms with Crippen molar-refractivity contribution in [1.29, 1.82) is 0 Å². The summed E-state index contributed by atoms with van der Waals surface area (Å²) in [6.07, 6.45) is 0.948. The summed E-state index contributed by atoms with van der Waals surface area (Å²) >= 11 is 9.51. The summed E-state index contributed by atoms with van der Waals surface area (Å²) in [7, 11) is 1.56. The van der Waals surface area contributed by atoms with Crippen molar-refractivity contribution in [2.45, 2.75) is 19.4 Å². The fourth-order valence-electron chi connectivity index (χ4n) is 2.45. The Bertz CT molecular complexity index is 692. The Hall–Kier alpha value is -1.56. The predicted molar refractivity (Wildman–Crippen MR) is 101 cm³/mol. The van der Waals surface area contributed by atoms with E-state index in [0.29, 0.717) is 23.0 Å². The van der Waals surface area contributed by atoms with Gasteiger partial charge >= 0.3 is 0 Å². The number of carbonyl (C=O) groups excluding carboxylic acids is 1. The summed E-state index contributed by atoms with van der Waals surface area (Å²) in [6.45, 7) is 2.46. The molecule has 0 heterocycles. The van der Waals surface area contributed by atoms with Crippen LogP contribution in [0.2, 0.25) is 5.02 Å². The van der Waals surface area contributed by atoms with E-state index in [1.165, 1.54) is 5.56 Å². The second kappa shape index (κ2) is 9.06. The van der Waals surface area contributed by atoms with E-state index in [-0.39, 0.29) is 11.9 Å². The molecule has 1 amide bonds. The maximum atomic E-state index is 12.2. The van der Waals surface area contributed by atoms with E-state index in [1.54, 1.807) is 25.3 Å². The molecule has 2 aromatic carbocycles. The Kier molecular flexibility index (Phi) is 7.09. The van der Waals surface area contributed by atoms with E-state index in [4.69, 9.17) is 16.3 Å². The summed E-state index contributed by atoms with van der Waals surface area (Å²) in [5.74, 6) is 0.523. The highest BCUT2D eigenvalue weighted by atomic mass is 79.9. The van der Waals surface area contributed by atoms with E-state index in [9.17, 15) is 4.79 Å². The van der Waals surface area contributed by atoms with Crippen LogP contribution in [0.1, 0.15) is 24.9 Å². The quantitative estimate of drug-likeness (QED) is 0.727. The zero-order chi connectivity index (χ0) is 17.5. The third kappa shape index (κ3) is 5.23. The number of methoxy groups -OCH3 is 1. The molecular weight excluding hydrogens is 392 g/mol. The molecule has 0 aromatic heterocycles. The van der Waals surface area contributed by atoms with Crippen LogP contribution in [0, 0.1) is 0 Å². The molecule has 0 saturated heterocycles. The molecule has 1 atom stereocenters. The van der Waals surface area contributed by atoms with Crippen LogP contribution in [0.3, 0.4) is 0 Å². The van der Waals surface area contributed by atoms with Gasteiger partial charge in [0, 0.05) is 22.1 Å². The number of quaternary nitrogens is 1. The summed E-state index contributed by atoms with van der Waals surface area (Å²) < 4.78 is 6.15. The Morgan fingerprint density at radius 3 is 2.58 bits per heavy atom. The van der Waals surface area contributed by atoms with Gasteiger partial charge in [-0.1, -0.05) is 46.6 Å². The van der Waals surface area contributed by atoms with Crippen LogP contribution in [-0.4, -0.2) is 19.6 Å². The van der Waals surface area contributed by atoms with Crippen molar-refractivity contribution >= 4 is 39.1 Å². The van der Waals surface area contributed by atoms with Crippen molar-refractivity contribution < 1.29 is 14.8 Å². The molecule has 0 spiro atoms. The van der Waals surface area contributed by atoms with E-state index in [2.05, 4.69) is 40.3 Å². The van der Waals surface area contributed by atoms with Gasteiger partial charge in [0.2, 0.25) is 0 Å². The first-order valence-electron chi connectivity index (χ1n) is 7.75. The molecule has 2 rings (SSSR count). The first kappa shape index (κ1) is 18.8. The molecule has 4 nitrogen and oxygen atoms in total. The molecule has 0 bridgehead atoms. The Morgan fingerprint density at radius 1 is 1.29 bits per heavy atom. The van der Waals surface area contributed by atoms with Crippen molar-refractivity contribution in [3.63, 3.8) is 0 Å². The SMILES string of the molecule is CC[C@H]([NH2+]CC(=O)Nc1ccc(OC)c(Cl)c1)c1ccc(Br)cc1. The molecule has 6 heteroatoms. The summed E-state index contributed by atoms with van der Waals surface area (Å²) in [5, 5.41) is 5.37. The zero-order valence-electron chi connectivity index (χ0n) is 13.7. The van der Waals surface area contributed by atoms with Crippen LogP contribution >= 0.6 is 27.5 Å². The van der Waals surface area contributed by atoms with E-state index in [0.717, 1.165) is 10.9 Å². The first-order valence-corrected chi connectivity index (χ1v) is 8.92. The first-order chi connectivity index (χ1) is 11.5. The molecule has 128 valence electrons. The summed E-state index contributed by atoms with van der Waals surface area (Å²) in [4.78, 5) is 12.2. The lowest BCUT2D eigenvalue weighted by Crippen LogP contribution is -2.87. The highest BCUT2D eigenvalue weighted by molar-refractivity contribution is 9.10. The molecule has 24 heavy (non-hydrogen) atoms. The van der Waals surface area contributed by atoms with Crippen LogP contribution < -0.4 is 15.4 Å². The number of benzene rings is 2. The topological polar surface area (TPSA) is 54.9 Å². The van der Waals surface area contributed by atoms with Gasteiger partial charge in [0.15, 0.2) is 6.54 Å². The van der Waals surface area contributed by atoms with E-state index in [1.807, 2.05) is 17.4 Å². The van der Waals surface area contributed by atoms with Gasteiger partial charge in [-0.25, -0.2) is 0 Å². The van der Waals surface area contributed by atoms with E-state index >= 15 is 0 Å². The van der Waals surface area contributed by atoms with Crippen molar-refractivity contribution in [2.75, 3.05) is 19.0 Å². The lowest BCUT2D eigenvalue weighted by Gasteiger charge is -2.14. The van der Waals surface area contributed by atoms with Crippen LogP contribution in [0.4, 0.5) is 5.69 Å². The molecule has 3 N–H and O–H groups in total. The molecule has 0 aliphatic carbocycles. The van der Waals surface area contributed by atoms with Crippen LogP contribution in [0.5, 0.6) is 5.75 Å². The Morgan fingerprint density at radius 2 is 2.00 bits per heavy atom. The Balaban J connectivity index is 1.91. The standard InChI is InChI=1S/C18H20BrClN2O2/c1-3-16(12-4-6-13(19)7-5-12)21-11-18(23)22-14-8-9-17(24-2)15(20)10-14/h4-10,16,21H,3,11H2,1-2H3,(H,22,23)/p+1/t16-/m0/s1. The molecule has 0 radical (unpaired) electrons. The van der Waals surface area contributed by atoms with Gasteiger partial charge in [-0.2, -0.15) is 0 Å². The minimum atomic E-state index is -0.0632. The molecule has 0 aliphatic heterocycles. The Labute approximate surface area is 155 Å². The minimum Gasteiger partial charge on any atom is -0.495 e. The third-order valence-corrected chi connectivity index (χ3v) is 4.59. The number of nitrogens with two attached hydrogens (primary N) is 1. The molecular formula is C18H21BrClN2O2+. The van der Waals surface area contributed by atoms with Crippen molar-refractivity contribution in [2.24, 2.45) is 0 Å². The second-order valence-electron chi connectivity index (χ2n) is 5.40. The van der Waals surface area contributed by atoms with E-state index < -0.39 is 0 Å². The molecule has 0 saturated carbocycles. The number of carbonyl (C=O) groups is 1. The molecule has 0 aliphatic rings. The predicted octanol–water partition coefficient (Wildman–Crippen LogP) is 3.76. The van der Waals surface area contributed by atoms with Gasteiger partial charge in [0.05, 0.1) is 12.1 Å². The van der Waals surface area contributed by atoms with Crippen LogP contribution in [0.15, 0.2) is 46.9 Å². The second-order valence-corrected chi connectivity index (χ2v) is 6.73. The fourth-order valence-corrected chi connectivity index (χ4v) is 2.98. The number of hydrogen-bond donors (Lipinski definition) is 2. The fraction of sp³-hybridized carbons (Fsp3) is 0.278. The van der Waals surface area contributed by atoms with Crippen LogP contribution in [0.25, 0.3) is 0 Å². The normalized spacial score (nSPS) is 11.8. The van der Waals surface area contributed by atoms with Gasteiger partial charge in [-0.15, -0.1) is 0 Å². The van der Waals surface area contributed by atoms with Crippen molar-refractivity contribution in [1.82, 2.24) is 0 Å². The van der Waals surface area contributed by atoms with Crippen LogP contribution in [-0.2, 0) is 4.79 Å². The van der Waals surface area contributed by atoms with Crippen molar-refractivity contribution in [3.8, 4) is 5.75 Å².